The smallest absolute Gasteiger partial charge is 0.0935 e. The molecule has 3 heterocycles. The first-order valence-electron chi connectivity index (χ1n) is 6.37. The number of aromatic nitrogens is 1. The third kappa shape index (κ3) is 2.91. The third-order valence-corrected chi connectivity index (χ3v) is 4.69. The Morgan fingerprint density at radius 3 is 2.63 bits per heavy atom. The van der Waals surface area contributed by atoms with Crippen molar-refractivity contribution in [3.63, 3.8) is 0 Å². The topological polar surface area (TPSA) is 19.4 Å². The molecule has 1 saturated heterocycles. The van der Waals surface area contributed by atoms with E-state index < -0.39 is 0 Å². The Bertz CT molecular complexity index is 561. The predicted octanol–water partition coefficient (Wildman–Crippen LogP) is 3.22. The second-order valence-electron chi connectivity index (χ2n) is 4.79. The molecular formula is C14H16ClN3S. The van der Waals surface area contributed by atoms with Crippen molar-refractivity contribution in [1.29, 1.82) is 0 Å². The number of hydrogen-bond donors (Lipinski definition) is 0. The summed E-state index contributed by atoms with van der Waals surface area (Å²) < 4.78 is 0.807. The van der Waals surface area contributed by atoms with Gasteiger partial charge >= 0.3 is 0 Å². The van der Waals surface area contributed by atoms with Crippen LogP contribution < -0.4 is 4.90 Å². The van der Waals surface area contributed by atoms with E-state index in [-0.39, 0.29) is 0 Å². The van der Waals surface area contributed by atoms with E-state index in [0.29, 0.717) is 0 Å². The van der Waals surface area contributed by atoms with Gasteiger partial charge in [0.2, 0.25) is 0 Å². The highest BCUT2D eigenvalue weighted by molar-refractivity contribution is 7.19. The Morgan fingerprint density at radius 1 is 1.16 bits per heavy atom. The first-order valence-corrected chi connectivity index (χ1v) is 7.57. The summed E-state index contributed by atoms with van der Waals surface area (Å²) in [4.78, 5) is 10.3. The molecule has 2 aromatic heterocycles. The molecule has 19 heavy (non-hydrogen) atoms. The van der Waals surface area contributed by atoms with Gasteiger partial charge in [-0.05, 0) is 31.3 Å². The quantitative estimate of drug-likeness (QED) is 0.847. The Kier molecular flexibility index (Phi) is 3.73. The standard InChI is InChI=1S/C14H16ClN3S/c1-17-6-8-18(9-7-17)11-4-5-16-12(10-11)13-2-3-14(15)19-13/h2-5,10H,6-9H2,1H3. The molecule has 0 unspecified atom stereocenters. The van der Waals surface area contributed by atoms with E-state index in [9.17, 15) is 0 Å². The van der Waals surface area contributed by atoms with Gasteiger partial charge in [0, 0.05) is 38.1 Å². The van der Waals surface area contributed by atoms with Crippen LogP contribution in [0.3, 0.4) is 0 Å². The van der Waals surface area contributed by atoms with E-state index in [4.69, 9.17) is 11.6 Å². The van der Waals surface area contributed by atoms with Gasteiger partial charge in [-0.1, -0.05) is 11.6 Å². The molecular weight excluding hydrogens is 278 g/mol. The fourth-order valence-electron chi connectivity index (χ4n) is 2.27. The minimum atomic E-state index is 0.807. The molecule has 0 spiro atoms. The summed E-state index contributed by atoms with van der Waals surface area (Å²) in [5, 5.41) is 0. The van der Waals surface area contributed by atoms with Crippen molar-refractivity contribution in [1.82, 2.24) is 9.88 Å². The predicted molar refractivity (Wildman–Crippen MR) is 82.3 cm³/mol. The van der Waals surface area contributed by atoms with Gasteiger partial charge in [0.1, 0.15) is 0 Å². The van der Waals surface area contributed by atoms with Crippen LogP contribution in [0, 0.1) is 0 Å². The second kappa shape index (κ2) is 5.49. The minimum Gasteiger partial charge on any atom is -0.369 e. The van der Waals surface area contributed by atoms with Crippen molar-refractivity contribution in [2.75, 3.05) is 38.1 Å². The van der Waals surface area contributed by atoms with Crippen LogP contribution in [0.25, 0.3) is 10.6 Å². The van der Waals surface area contributed by atoms with Crippen molar-refractivity contribution in [2.45, 2.75) is 0 Å². The van der Waals surface area contributed by atoms with Crippen molar-refractivity contribution < 1.29 is 0 Å². The highest BCUT2D eigenvalue weighted by Crippen LogP contribution is 2.31. The zero-order valence-electron chi connectivity index (χ0n) is 10.8. The Hall–Kier alpha value is -1.10. The number of hydrogen-bond acceptors (Lipinski definition) is 4. The average molecular weight is 294 g/mol. The van der Waals surface area contributed by atoms with Gasteiger partial charge in [-0.15, -0.1) is 11.3 Å². The molecule has 2 aromatic rings. The molecule has 1 fully saturated rings. The molecule has 100 valence electrons. The van der Waals surface area contributed by atoms with Gasteiger partial charge in [-0.25, -0.2) is 0 Å². The lowest BCUT2D eigenvalue weighted by Gasteiger charge is -2.34. The Morgan fingerprint density at radius 2 is 1.95 bits per heavy atom. The molecule has 3 nitrogen and oxygen atoms in total. The summed E-state index contributed by atoms with van der Waals surface area (Å²) in [6.07, 6.45) is 1.89. The van der Waals surface area contributed by atoms with Gasteiger partial charge in [-0.2, -0.15) is 0 Å². The molecule has 3 rings (SSSR count). The van der Waals surface area contributed by atoms with Crippen LogP contribution in [0.15, 0.2) is 30.5 Å². The van der Waals surface area contributed by atoms with Crippen LogP contribution in [-0.2, 0) is 0 Å². The van der Waals surface area contributed by atoms with Gasteiger partial charge in [-0.3, -0.25) is 4.98 Å². The van der Waals surface area contributed by atoms with E-state index in [1.807, 2.05) is 18.3 Å². The number of piperazine rings is 1. The van der Waals surface area contributed by atoms with Gasteiger partial charge < -0.3 is 9.80 Å². The maximum absolute atomic E-state index is 5.99. The monoisotopic (exact) mass is 293 g/mol. The fraction of sp³-hybridized carbons (Fsp3) is 0.357. The number of thiophene rings is 1. The first kappa shape index (κ1) is 12.9. The van der Waals surface area contributed by atoms with E-state index in [2.05, 4.69) is 34.0 Å². The van der Waals surface area contributed by atoms with E-state index in [0.717, 1.165) is 41.1 Å². The van der Waals surface area contributed by atoms with Crippen LogP contribution in [0.5, 0.6) is 0 Å². The lowest BCUT2D eigenvalue weighted by Crippen LogP contribution is -2.44. The van der Waals surface area contributed by atoms with Crippen LogP contribution in [0.1, 0.15) is 0 Å². The lowest BCUT2D eigenvalue weighted by atomic mass is 10.2. The first-order chi connectivity index (χ1) is 9.22. The zero-order valence-corrected chi connectivity index (χ0v) is 12.4. The molecule has 0 aromatic carbocycles. The van der Waals surface area contributed by atoms with Crippen molar-refractivity contribution in [3.8, 4) is 10.6 Å². The van der Waals surface area contributed by atoms with Crippen LogP contribution in [-0.4, -0.2) is 43.1 Å². The molecule has 0 radical (unpaired) electrons. The summed E-state index contributed by atoms with van der Waals surface area (Å²) in [7, 11) is 2.17. The molecule has 0 aliphatic carbocycles. The molecule has 0 amide bonds. The third-order valence-electron chi connectivity index (χ3n) is 3.44. The number of nitrogens with zero attached hydrogens (tertiary/aromatic N) is 3. The van der Waals surface area contributed by atoms with E-state index in [1.165, 1.54) is 5.69 Å². The van der Waals surface area contributed by atoms with Crippen molar-refractivity contribution in [2.24, 2.45) is 0 Å². The molecule has 0 N–H and O–H groups in total. The fourth-order valence-corrected chi connectivity index (χ4v) is 3.28. The van der Waals surface area contributed by atoms with Gasteiger partial charge in [0.05, 0.1) is 14.9 Å². The number of rotatable bonds is 2. The molecule has 0 saturated carbocycles. The summed E-state index contributed by atoms with van der Waals surface area (Å²) in [5.41, 5.74) is 2.26. The van der Waals surface area contributed by atoms with Crippen molar-refractivity contribution in [3.05, 3.63) is 34.8 Å². The molecule has 1 aliphatic rings. The number of halogens is 1. The maximum atomic E-state index is 5.99. The van der Waals surface area contributed by atoms with Crippen LogP contribution >= 0.6 is 22.9 Å². The highest BCUT2D eigenvalue weighted by atomic mass is 35.5. The van der Waals surface area contributed by atoms with Gasteiger partial charge in [0.25, 0.3) is 0 Å². The lowest BCUT2D eigenvalue weighted by molar-refractivity contribution is 0.313. The normalized spacial score (nSPS) is 16.8. The summed E-state index contributed by atoms with van der Waals surface area (Å²) in [6.45, 7) is 4.38. The minimum absolute atomic E-state index is 0.807. The number of anilines is 1. The molecule has 5 heteroatoms. The summed E-state index contributed by atoms with van der Waals surface area (Å²) >= 11 is 7.56. The SMILES string of the molecule is CN1CCN(c2ccnc(-c3ccc(Cl)s3)c2)CC1. The summed E-state index contributed by atoms with van der Waals surface area (Å²) in [5.74, 6) is 0. The molecule has 1 aliphatic heterocycles. The summed E-state index contributed by atoms with van der Waals surface area (Å²) in [6, 6.07) is 8.20. The van der Waals surface area contributed by atoms with E-state index in [1.54, 1.807) is 11.3 Å². The second-order valence-corrected chi connectivity index (χ2v) is 6.51. The van der Waals surface area contributed by atoms with Crippen LogP contribution in [0.4, 0.5) is 5.69 Å². The number of pyridine rings is 1. The molecule has 0 bridgehead atoms. The van der Waals surface area contributed by atoms with E-state index >= 15 is 0 Å². The Labute approximate surface area is 122 Å². The zero-order chi connectivity index (χ0) is 13.2. The Balaban J connectivity index is 1.84. The number of likely N-dealkylation sites (N-methyl/N-ethyl adjacent to an activating group) is 1. The average Bonchev–Trinajstić information content (AvgIpc) is 2.86. The van der Waals surface area contributed by atoms with Crippen LogP contribution in [0.2, 0.25) is 4.34 Å². The highest BCUT2D eigenvalue weighted by Gasteiger charge is 2.15. The molecule has 0 atom stereocenters. The van der Waals surface area contributed by atoms with Crippen molar-refractivity contribution >= 4 is 28.6 Å². The maximum Gasteiger partial charge on any atom is 0.0935 e. The largest absolute Gasteiger partial charge is 0.369 e. The van der Waals surface area contributed by atoms with Gasteiger partial charge in [0.15, 0.2) is 0 Å².